The van der Waals surface area contributed by atoms with Crippen LogP contribution in [0.2, 0.25) is 10.0 Å². The summed E-state index contributed by atoms with van der Waals surface area (Å²) in [7, 11) is -4.16. The summed E-state index contributed by atoms with van der Waals surface area (Å²) >= 11 is 12.6. The third-order valence-corrected chi connectivity index (χ3v) is 9.52. The average molecular weight is 633 g/mol. The van der Waals surface area contributed by atoms with E-state index in [1.165, 1.54) is 17.0 Å². The molecule has 0 aliphatic heterocycles. The lowest BCUT2D eigenvalue weighted by Gasteiger charge is -2.34. The van der Waals surface area contributed by atoms with Gasteiger partial charge in [-0.05, 0) is 80.1 Å². The third kappa shape index (κ3) is 8.06. The zero-order valence-corrected chi connectivity index (χ0v) is 27.3. The lowest BCUT2D eigenvalue weighted by molar-refractivity contribution is -0.140. The number of nitrogens with one attached hydrogen (secondary N) is 1. The highest BCUT2D eigenvalue weighted by Gasteiger charge is 2.34. The Morgan fingerprint density at radius 1 is 0.952 bits per heavy atom. The van der Waals surface area contributed by atoms with Crippen molar-refractivity contribution in [1.82, 2.24) is 10.2 Å². The number of rotatable bonds is 12. The van der Waals surface area contributed by atoms with Gasteiger partial charge in [0.15, 0.2) is 0 Å². The molecule has 0 aromatic heterocycles. The fourth-order valence-corrected chi connectivity index (χ4v) is 6.47. The van der Waals surface area contributed by atoms with Gasteiger partial charge in [0.1, 0.15) is 12.6 Å². The van der Waals surface area contributed by atoms with Crippen molar-refractivity contribution in [3.05, 3.63) is 93.0 Å². The molecule has 2 amide bonds. The van der Waals surface area contributed by atoms with Gasteiger partial charge in [-0.3, -0.25) is 13.9 Å². The summed E-state index contributed by atoms with van der Waals surface area (Å²) in [5, 5.41) is 3.70. The van der Waals surface area contributed by atoms with Crippen LogP contribution in [0.4, 0.5) is 5.69 Å². The SMILES string of the molecule is CC[C@@H](C(=O)NCC(C)C)N(Cc1ccc(Cl)cc1Cl)C(=O)CN(c1cccc(C)c1C)S(=O)(=O)c1ccc(C)cc1. The summed E-state index contributed by atoms with van der Waals surface area (Å²) < 4.78 is 29.3. The first-order valence-corrected chi connectivity index (χ1v) is 16.1. The molecule has 0 unspecified atom stereocenters. The van der Waals surface area contributed by atoms with Crippen molar-refractivity contribution in [1.29, 1.82) is 0 Å². The molecule has 0 radical (unpaired) electrons. The molecule has 0 spiro atoms. The Labute approximate surface area is 259 Å². The van der Waals surface area contributed by atoms with Crippen LogP contribution in [0, 0.1) is 26.7 Å². The number of amides is 2. The minimum absolute atomic E-state index is 0.00629. The number of sulfonamides is 1. The molecule has 0 bridgehead atoms. The minimum atomic E-state index is -4.16. The van der Waals surface area contributed by atoms with Crippen LogP contribution in [0.15, 0.2) is 65.6 Å². The maximum atomic E-state index is 14.3. The molecular formula is C32H39Cl2N3O4S. The maximum Gasteiger partial charge on any atom is 0.264 e. The van der Waals surface area contributed by atoms with Gasteiger partial charge >= 0.3 is 0 Å². The Morgan fingerprint density at radius 2 is 1.62 bits per heavy atom. The standard InChI is InChI=1S/C32H39Cl2N3O4S/c1-7-29(32(39)35-18-21(2)3)36(19-25-13-14-26(33)17-28(25)34)31(38)20-37(30-10-8-9-23(5)24(30)6)42(40,41)27-15-11-22(4)12-16-27/h8-17,21,29H,7,18-20H2,1-6H3,(H,35,39)/t29-/m0/s1. The molecule has 226 valence electrons. The molecule has 3 aromatic rings. The van der Waals surface area contributed by atoms with Crippen LogP contribution in [0.25, 0.3) is 0 Å². The highest BCUT2D eigenvalue weighted by Crippen LogP contribution is 2.30. The largest absolute Gasteiger partial charge is 0.354 e. The van der Waals surface area contributed by atoms with E-state index in [1.54, 1.807) is 42.5 Å². The first-order valence-electron chi connectivity index (χ1n) is 13.9. The molecule has 10 heteroatoms. The maximum absolute atomic E-state index is 14.3. The number of halogens is 2. The van der Waals surface area contributed by atoms with Gasteiger partial charge in [0.05, 0.1) is 10.6 Å². The van der Waals surface area contributed by atoms with Gasteiger partial charge in [0.2, 0.25) is 11.8 Å². The van der Waals surface area contributed by atoms with Crippen molar-refractivity contribution in [2.24, 2.45) is 5.92 Å². The normalized spacial score (nSPS) is 12.2. The fourth-order valence-electron chi connectivity index (χ4n) is 4.53. The van der Waals surface area contributed by atoms with Crippen LogP contribution in [0.5, 0.6) is 0 Å². The van der Waals surface area contributed by atoms with Crippen LogP contribution in [-0.2, 0) is 26.2 Å². The monoisotopic (exact) mass is 631 g/mol. The number of carbonyl (C=O) groups is 2. The van der Waals surface area contributed by atoms with E-state index in [2.05, 4.69) is 5.32 Å². The Balaban J connectivity index is 2.11. The summed E-state index contributed by atoms with van der Waals surface area (Å²) in [6, 6.07) is 15.9. The quantitative estimate of drug-likeness (QED) is 0.241. The predicted molar refractivity (Wildman–Crippen MR) is 171 cm³/mol. The zero-order chi connectivity index (χ0) is 31.2. The van der Waals surface area contributed by atoms with Gasteiger partial charge in [0, 0.05) is 23.1 Å². The number of benzene rings is 3. The van der Waals surface area contributed by atoms with E-state index in [9.17, 15) is 18.0 Å². The molecule has 7 nitrogen and oxygen atoms in total. The number of aryl methyl sites for hydroxylation is 2. The van der Waals surface area contributed by atoms with E-state index in [1.807, 2.05) is 47.6 Å². The van der Waals surface area contributed by atoms with Crippen LogP contribution >= 0.6 is 23.2 Å². The smallest absolute Gasteiger partial charge is 0.264 e. The van der Waals surface area contributed by atoms with E-state index in [4.69, 9.17) is 23.2 Å². The molecule has 3 aromatic carbocycles. The van der Waals surface area contributed by atoms with E-state index in [-0.39, 0.29) is 23.3 Å². The molecular weight excluding hydrogens is 593 g/mol. The molecule has 0 fully saturated rings. The second-order valence-electron chi connectivity index (χ2n) is 10.9. The van der Waals surface area contributed by atoms with Gasteiger partial charge < -0.3 is 10.2 Å². The fraction of sp³-hybridized carbons (Fsp3) is 0.375. The second kappa shape index (κ2) is 14.4. The van der Waals surface area contributed by atoms with E-state index < -0.39 is 28.5 Å². The number of carbonyl (C=O) groups excluding carboxylic acids is 2. The lowest BCUT2D eigenvalue weighted by Crippen LogP contribution is -2.52. The Bertz CT molecular complexity index is 1530. The number of hydrogen-bond acceptors (Lipinski definition) is 4. The predicted octanol–water partition coefficient (Wildman–Crippen LogP) is 6.69. The topological polar surface area (TPSA) is 86.8 Å². The number of nitrogens with zero attached hydrogens (tertiary/aromatic N) is 2. The van der Waals surface area contributed by atoms with E-state index in [0.717, 1.165) is 21.0 Å². The van der Waals surface area contributed by atoms with Gasteiger partial charge in [-0.25, -0.2) is 8.42 Å². The summed E-state index contributed by atoms with van der Waals surface area (Å²) in [4.78, 5) is 29.1. The van der Waals surface area contributed by atoms with Crippen molar-refractivity contribution in [3.8, 4) is 0 Å². The van der Waals surface area contributed by atoms with Crippen molar-refractivity contribution < 1.29 is 18.0 Å². The zero-order valence-electron chi connectivity index (χ0n) is 24.9. The summed E-state index contributed by atoms with van der Waals surface area (Å²) in [5.41, 5.74) is 3.51. The summed E-state index contributed by atoms with van der Waals surface area (Å²) in [6.45, 7) is 11.3. The van der Waals surface area contributed by atoms with Crippen LogP contribution in [0.3, 0.4) is 0 Å². The van der Waals surface area contributed by atoms with Gasteiger partial charge in [0.25, 0.3) is 10.0 Å². The molecule has 0 aliphatic carbocycles. The van der Waals surface area contributed by atoms with E-state index >= 15 is 0 Å². The first-order chi connectivity index (χ1) is 19.8. The van der Waals surface area contributed by atoms with Crippen LogP contribution in [-0.4, -0.2) is 44.3 Å². The number of anilines is 1. The Kier molecular flexibility index (Phi) is 11.5. The molecule has 1 atom stereocenters. The molecule has 0 saturated carbocycles. The highest BCUT2D eigenvalue weighted by molar-refractivity contribution is 7.92. The Morgan fingerprint density at radius 3 is 2.21 bits per heavy atom. The highest BCUT2D eigenvalue weighted by atomic mass is 35.5. The minimum Gasteiger partial charge on any atom is -0.354 e. The van der Waals surface area contributed by atoms with Crippen molar-refractivity contribution in [2.75, 3.05) is 17.4 Å². The van der Waals surface area contributed by atoms with Gasteiger partial charge in [-0.15, -0.1) is 0 Å². The molecule has 42 heavy (non-hydrogen) atoms. The third-order valence-electron chi connectivity index (χ3n) is 7.16. The van der Waals surface area contributed by atoms with Crippen LogP contribution in [0.1, 0.15) is 49.4 Å². The molecule has 0 heterocycles. The second-order valence-corrected chi connectivity index (χ2v) is 13.6. The van der Waals surface area contributed by atoms with Crippen LogP contribution < -0.4 is 9.62 Å². The lowest BCUT2D eigenvalue weighted by atomic mass is 10.1. The van der Waals surface area contributed by atoms with Gasteiger partial charge in [-0.2, -0.15) is 0 Å². The van der Waals surface area contributed by atoms with E-state index in [0.29, 0.717) is 34.3 Å². The summed E-state index contributed by atoms with van der Waals surface area (Å²) in [6.07, 6.45) is 0.315. The number of hydrogen-bond donors (Lipinski definition) is 1. The summed E-state index contributed by atoms with van der Waals surface area (Å²) in [5.74, 6) is -0.644. The first kappa shape index (κ1) is 33.4. The average Bonchev–Trinajstić information content (AvgIpc) is 2.93. The van der Waals surface area contributed by atoms with Crippen molar-refractivity contribution in [2.45, 2.75) is 65.4 Å². The van der Waals surface area contributed by atoms with Crippen molar-refractivity contribution in [3.63, 3.8) is 0 Å². The molecule has 0 saturated heterocycles. The molecule has 3 rings (SSSR count). The molecule has 0 aliphatic rings. The molecule has 1 N–H and O–H groups in total. The van der Waals surface area contributed by atoms with Gasteiger partial charge in [-0.1, -0.05) is 79.9 Å². The Hall–Kier alpha value is -3.07. The van der Waals surface area contributed by atoms with Crippen molar-refractivity contribution >= 4 is 50.7 Å².